The van der Waals surface area contributed by atoms with Crippen molar-refractivity contribution in [1.82, 2.24) is 14.8 Å². The van der Waals surface area contributed by atoms with Gasteiger partial charge in [-0.3, -0.25) is 14.4 Å². The zero-order chi connectivity index (χ0) is 18.0. The standard InChI is InChI=1S/C18H18FN3O3/c1-12(23)13-10-16(20-11-13)18(25)22-8-6-21(7-9-22)17(24)14-4-2-3-5-15(14)19/h2-5,10-11,20H,6-9H2,1H3. The average Bonchev–Trinajstić information content (AvgIpc) is 3.11. The minimum absolute atomic E-state index is 0.0396. The maximum absolute atomic E-state index is 13.7. The van der Waals surface area contributed by atoms with Crippen LogP contribution >= 0.6 is 0 Å². The average molecular weight is 343 g/mol. The summed E-state index contributed by atoms with van der Waals surface area (Å²) in [6.45, 7) is 2.81. The summed E-state index contributed by atoms with van der Waals surface area (Å²) in [4.78, 5) is 42.1. The molecule has 25 heavy (non-hydrogen) atoms. The number of ketones is 1. The number of piperazine rings is 1. The number of aromatic nitrogens is 1. The zero-order valence-corrected chi connectivity index (χ0v) is 13.8. The van der Waals surface area contributed by atoms with Gasteiger partial charge in [0.2, 0.25) is 0 Å². The van der Waals surface area contributed by atoms with Crippen LogP contribution in [-0.2, 0) is 0 Å². The Morgan fingerprint density at radius 1 is 1.00 bits per heavy atom. The number of aromatic amines is 1. The van der Waals surface area contributed by atoms with Crippen LogP contribution in [0.4, 0.5) is 4.39 Å². The van der Waals surface area contributed by atoms with Crippen molar-refractivity contribution < 1.29 is 18.8 Å². The maximum atomic E-state index is 13.7. The highest BCUT2D eigenvalue weighted by molar-refractivity contribution is 5.99. The van der Waals surface area contributed by atoms with Crippen molar-refractivity contribution in [2.45, 2.75) is 6.92 Å². The molecule has 3 rings (SSSR count). The number of halogens is 1. The first-order valence-electron chi connectivity index (χ1n) is 8.00. The van der Waals surface area contributed by atoms with Gasteiger partial charge in [0, 0.05) is 37.9 Å². The molecule has 130 valence electrons. The number of amides is 2. The number of carbonyl (C=O) groups is 3. The lowest BCUT2D eigenvalue weighted by Gasteiger charge is -2.34. The molecule has 2 heterocycles. The molecule has 7 heteroatoms. The Balaban J connectivity index is 1.63. The predicted molar refractivity (Wildman–Crippen MR) is 89.0 cm³/mol. The molecule has 1 N–H and O–H groups in total. The van der Waals surface area contributed by atoms with Gasteiger partial charge in [0.15, 0.2) is 5.78 Å². The Hall–Kier alpha value is -2.96. The van der Waals surface area contributed by atoms with Crippen LogP contribution in [0.15, 0.2) is 36.5 Å². The van der Waals surface area contributed by atoms with Crippen molar-refractivity contribution in [2.75, 3.05) is 26.2 Å². The highest BCUT2D eigenvalue weighted by Gasteiger charge is 2.27. The molecule has 0 spiro atoms. The van der Waals surface area contributed by atoms with Gasteiger partial charge in [-0.2, -0.15) is 0 Å². The van der Waals surface area contributed by atoms with E-state index < -0.39 is 5.82 Å². The Morgan fingerprint density at radius 3 is 2.16 bits per heavy atom. The monoisotopic (exact) mass is 343 g/mol. The first-order valence-corrected chi connectivity index (χ1v) is 8.00. The summed E-state index contributed by atoms with van der Waals surface area (Å²) in [6.07, 6.45) is 1.51. The van der Waals surface area contributed by atoms with Crippen molar-refractivity contribution in [2.24, 2.45) is 0 Å². The van der Waals surface area contributed by atoms with Gasteiger partial charge in [-0.15, -0.1) is 0 Å². The molecule has 2 amide bonds. The largest absolute Gasteiger partial charge is 0.356 e. The second kappa shape index (κ2) is 6.88. The number of hydrogen-bond acceptors (Lipinski definition) is 3. The number of nitrogens with zero attached hydrogens (tertiary/aromatic N) is 2. The van der Waals surface area contributed by atoms with Crippen LogP contribution in [0, 0.1) is 5.82 Å². The molecule has 1 fully saturated rings. The first-order chi connectivity index (χ1) is 12.0. The van der Waals surface area contributed by atoms with Crippen LogP contribution in [0.2, 0.25) is 0 Å². The lowest BCUT2D eigenvalue weighted by molar-refractivity contribution is 0.0530. The van der Waals surface area contributed by atoms with Crippen LogP contribution < -0.4 is 0 Å². The fourth-order valence-corrected chi connectivity index (χ4v) is 2.81. The van der Waals surface area contributed by atoms with Crippen LogP contribution in [0.1, 0.15) is 38.1 Å². The lowest BCUT2D eigenvalue weighted by Crippen LogP contribution is -2.50. The minimum Gasteiger partial charge on any atom is -0.356 e. The summed E-state index contributed by atoms with van der Waals surface area (Å²) < 4.78 is 13.7. The molecule has 2 aromatic rings. The van der Waals surface area contributed by atoms with E-state index in [0.717, 1.165) is 0 Å². The zero-order valence-electron chi connectivity index (χ0n) is 13.8. The van der Waals surface area contributed by atoms with E-state index >= 15 is 0 Å². The lowest BCUT2D eigenvalue weighted by atomic mass is 10.1. The molecular weight excluding hydrogens is 325 g/mol. The number of rotatable bonds is 3. The number of nitrogens with one attached hydrogen (secondary N) is 1. The Morgan fingerprint density at radius 2 is 1.60 bits per heavy atom. The molecule has 0 radical (unpaired) electrons. The van der Waals surface area contributed by atoms with Crippen LogP contribution in [0.5, 0.6) is 0 Å². The normalized spacial score (nSPS) is 14.5. The van der Waals surface area contributed by atoms with E-state index in [1.54, 1.807) is 11.0 Å². The summed E-state index contributed by atoms with van der Waals surface area (Å²) >= 11 is 0. The van der Waals surface area contributed by atoms with Crippen LogP contribution in [-0.4, -0.2) is 58.6 Å². The Labute approximate surface area is 144 Å². The van der Waals surface area contributed by atoms with Crippen molar-refractivity contribution >= 4 is 17.6 Å². The van der Waals surface area contributed by atoms with Gasteiger partial charge >= 0.3 is 0 Å². The highest BCUT2D eigenvalue weighted by atomic mass is 19.1. The van der Waals surface area contributed by atoms with Gasteiger partial charge < -0.3 is 14.8 Å². The number of H-pyrrole nitrogens is 1. The van der Waals surface area contributed by atoms with Crippen molar-refractivity contribution in [3.8, 4) is 0 Å². The minimum atomic E-state index is -0.547. The van der Waals surface area contributed by atoms with E-state index in [4.69, 9.17) is 0 Å². The summed E-state index contributed by atoms with van der Waals surface area (Å²) in [5.74, 6) is -1.25. The third kappa shape index (κ3) is 3.45. The molecular formula is C18H18FN3O3. The van der Waals surface area contributed by atoms with E-state index in [-0.39, 0.29) is 23.2 Å². The fraction of sp³-hybridized carbons (Fsp3) is 0.278. The molecule has 6 nitrogen and oxygen atoms in total. The van der Waals surface area contributed by atoms with Gasteiger partial charge in [-0.1, -0.05) is 12.1 Å². The molecule has 1 aromatic carbocycles. The Bertz CT molecular complexity index is 822. The molecule has 1 aliphatic heterocycles. The van der Waals surface area contributed by atoms with Gasteiger partial charge in [0.1, 0.15) is 11.5 Å². The van der Waals surface area contributed by atoms with E-state index in [0.29, 0.717) is 37.4 Å². The Kier molecular flexibility index (Phi) is 4.65. The molecule has 1 aromatic heterocycles. The third-order valence-corrected chi connectivity index (χ3v) is 4.28. The number of Topliss-reactive ketones (excluding diaryl/α,β-unsaturated/α-hetero) is 1. The second-order valence-electron chi connectivity index (χ2n) is 5.92. The summed E-state index contributed by atoms with van der Waals surface area (Å²) in [7, 11) is 0. The molecule has 0 unspecified atom stereocenters. The predicted octanol–water partition coefficient (Wildman–Crippen LogP) is 1.95. The summed E-state index contributed by atoms with van der Waals surface area (Å²) in [5, 5.41) is 0. The van der Waals surface area contributed by atoms with Crippen LogP contribution in [0.25, 0.3) is 0 Å². The van der Waals surface area contributed by atoms with Gasteiger partial charge in [-0.25, -0.2) is 4.39 Å². The number of carbonyl (C=O) groups excluding carboxylic acids is 3. The molecule has 1 saturated heterocycles. The van der Waals surface area contributed by atoms with E-state index in [1.165, 1.54) is 42.3 Å². The van der Waals surface area contributed by atoms with Crippen LogP contribution in [0.3, 0.4) is 0 Å². The number of hydrogen-bond donors (Lipinski definition) is 1. The van der Waals surface area contributed by atoms with Crippen molar-refractivity contribution in [3.05, 3.63) is 59.2 Å². The van der Waals surface area contributed by atoms with Crippen molar-refractivity contribution in [1.29, 1.82) is 0 Å². The van der Waals surface area contributed by atoms with Crippen molar-refractivity contribution in [3.63, 3.8) is 0 Å². The van der Waals surface area contributed by atoms with E-state index in [2.05, 4.69) is 4.98 Å². The highest BCUT2D eigenvalue weighted by Crippen LogP contribution is 2.14. The molecule has 0 atom stereocenters. The topological polar surface area (TPSA) is 73.5 Å². The number of benzene rings is 1. The van der Waals surface area contributed by atoms with Gasteiger partial charge in [0.05, 0.1) is 5.56 Å². The quantitative estimate of drug-likeness (QED) is 0.866. The second-order valence-corrected chi connectivity index (χ2v) is 5.92. The van der Waals surface area contributed by atoms with Gasteiger partial charge in [0.25, 0.3) is 11.8 Å². The maximum Gasteiger partial charge on any atom is 0.270 e. The molecule has 0 saturated carbocycles. The van der Waals surface area contributed by atoms with E-state index in [1.807, 2.05) is 0 Å². The smallest absolute Gasteiger partial charge is 0.270 e. The molecule has 0 aliphatic carbocycles. The molecule has 0 bridgehead atoms. The first kappa shape index (κ1) is 16.9. The van der Waals surface area contributed by atoms with E-state index in [9.17, 15) is 18.8 Å². The SMILES string of the molecule is CC(=O)c1c[nH]c(C(=O)N2CCN(C(=O)c3ccccc3F)CC2)c1. The van der Waals surface area contributed by atoms with Gasteiger partial charge in [-0.05, 0) is 25.1 Å². The fourth-order valence-electron chi connectivity index (χ4n) is 2.81. The summed E-state index contributed by atoms with van der Waals surface area (Å²) in [5.41, 5.74) is 0.841. The molecule has 1 aliphatic rings. The summed E-state index contributed by atoms with van der Waals surface area (Å²) in [6, 6.07) is 7.39. The third-order valence-electron chi connectivity index (χ3n) is 4.28.